The Labute approximate surface area is 229 Å². The van der Waals surface area contributed by atoms with Crippen molar-refractivity contribution >= 4 is 17.3 Å². The minimum absolute atomic E-state index is 0.0170. The molecule has 3 unspecified atom stereocenters. The Kier molecular flexibility index (Phi) is 7.19. The predicted octanol–water partition coefficient (Wildman–Crippen LogP) is 0.655. The molecule has 12 heteroatoms. The van der Waals surface area contributed by atoms with Gasteiger partial charge in [0, 0.05) is 49.1 Å². The Hall–Kier alpha value is -3.39. The van der Waals surface area contributed by atoms with Crippen LogP contribution in [0.5, 0.6) is 17.2 Å². The molecule has 1 aliphatic heterocycles. The first-order valence-electron chi connectivity index (χ1n) is 12.8. The summed E-state index contributed by atoms with van der Waals surface area (Å²) in [5.74, 6) is -3.26. The summed E-state index contributed by atoms with van der Waals surface area (Å²) < 4.78 is 22.8. The van der Waals surface area contributed by atoms with Crippen LogP contribution in [0.1, 0.15) is 68.8 Å². The molecule has 2 aromatic rings. The zero-order chi connectivity index (χ0) is 29.1. The number of carbonyl (C=O) groups excluding carboxylic acids is 3. The lowest BCUT2D eigenvalue weighted by Crippen LogP contribution is -2.53. The van der Waals surface area contributed by atoms with Gasteiger partial charge in [0.25, 0.3) is 0 Å². The molecule has 0 amide bonds. The van der Waals surface area contributed by atoms with Gasteiger partial charge < -0.3 is 45.1 Å². The van der Waals surface area contributed by atoms with Crippen molar-refractivity contribution in [1.82, 2.24) is 0 Å². The van der Waals surface area contributed by atoms with E-state index in [0.717, 1.165) is 0 Å². The number of fused-ring (bicyclic) bond motifs is 3. The molecule has 6 atom stereocenters. The SMILES string of the molecule is COc1cccc2c1C(=O)c1c(O)c3c(c(O)c1C2=O)C[C@@](OC)(C(=O)CO)C[C@@H]3OC1CC(N)C(O)[C@H](C)O1. The molecule has 12 nitrogen and oxygen atoms in total. The number of rotatable bonds is 6. The van der Waals surface area contributed by atoms with Gasteiger partial charge in [-0.05, 0) is 13.0 Å². The minimum atomic E-state index is -1.70. The molecule has 40 heavy (non-hydrogen) atoms. The van der Waals surface area contributed by atoms with Gasteiger partial charge in [0.15, 0.2) is 17.9 Å². The number of hydrogen-bond donors (Lipinski definition) is 5. The zero-order valence-electron chi connectivity index (χ0n) is 22.2. The zero-order valence-corrected chi connectivity index (χ0v) is 22.2. The van der Waals surface area contributed by atoms with Gasteiger partial charge >= 0.3 is 0 Å². The van der Waals surface area contributed by atoms with Crippen LogP contribution in [0, 0.1) is 0 Å². The van der Waals surface area contributed by atoms with Gasteiger partial charge in [-0.1, -0.05) is 12.1 Å². The van der Waals surface area contributed by atoms with Crippen molar-refractivity contribution in [1.29, 1.82) is 0 Å². The minimum Gasteiger partial charge on any atom is -0.507 e. The smallest absolute Gasteiger partial charge is 0.202 e. The van der Waals surface area contributed by atoms with Crippen molar-refractivity contribution in [3.8, 4) is 17.2 Å². The molecule has 0 spiro atoms. The normalized spacial score (nSPS) is 29.4. The van der Waals surface area contributed by atoms with E-state index in [0.29, 0.717) is 0 Å². The van der Waals surface area contributed by atoms with Crippen molar-refractivity contribution in [3.05, 3.63) is 51.6 Å². The van der Waals surface area contributed by atoms with Gasteiger partial charge in [-0.2, -0.15) is 0 Å². The molecule has 214 valence electrons. The van der Waals surface area contributed by atoms with Crippen LogP contribution < -0.4 is 10.5 Å². The lowest BCUT2D eigenvalue weighted by molar-refractivity contribution is -0.248. The van der Waals surface area contributed by atoms with E-state index in [9.17, 15) is 34.8 Å². The Balaban J connectivity index is 1.70. The fraction of sp³-hybridized carbons (Fsp3) is 0.464. The van der Waals surface area contributed by atoms with Crippen LogP contribution in [0.4, 0.5) is 0 Å². The number of nitrogens with two attached hydrogens (primary N) is 1. The Morgan fingerprint density at radius 2 is 1.82 bits per heavy atom. The molecular weight excluding hydrogens is 526 g/mol. The topological polar surface area (TPSA) is 195 Å². The molecule has 1 saturated heterocycles. The van der Waals surface area contributed by atoms with E-state index in [1.165, 1.54) is 32.4 Å². The highest BCUT2D eigenvalue weighted by molar-refractivity contribution is 6.31. The summed E-state index contributed by atoms with van der Waals surface area (Å²) >= 11 is 0. The van der Waals surface area contributed by atoms with Crippen LogP contribution in [-0.2, 0) is 25.4 Å². The fourth-order valence-electron chi connectivity index (χ4n) is 6.00. The van der Waals surface area contributed by atoms with E-state index < -0.39 is 82.8 Å². The summed E-state index contributed by atoms with van der Waals surface area (Å²) in [6, 6.07) is 3.74. The lowest BCUT2D eigenvalue weighted by atomic mass is 9.71. The van der Waals surface area contributed by atoms with Gasteiger partial charge in [0.1, 0.15) is 29.5 Å². The quantitative estimate of drug-likeness (QED) is 0.266. The average molecular weight is 558 g/mol. The molecule has 0 saturated carbocycles. The van der Waals surface area contributed by atoms with E-state index >= 15 is 0 Å². The highest BCUT2D eigenvalue weighted by Gasteiger charge is 2.51. The second-order valence-corrected chi connectivity index (χ2v) is 10.3. The number of methoxy groups -OCH3 is 2. The van der Waals surface area contributed by atoms with Crippen molar-refractivity contribution in [2.24, 2.45) is 5.73 Å². The maximum Gasteiger partial charge on any atom is 0.202 e. The molecule has 5 rings (SSSR count). The Morgan fingerprint density at radius 3 is 2.45 bits per heavy atom. The van der Waals surface area contributed by atoms with E-state index in [2.05, 4.69) is 0 Å². The number of aromatic hydroxyl groups is 2. The first-order chi connectivity index (χ1) is 19.0. The molecular formula is C28H31NO11. The van der Waals surface area contributed by atoms with Gasteiger partial charge in [0.05, 0.1) is 42.1 Å². The van der Waals surface area contributed by atoms with E-state index in [1.807, 2.05) is 0 Å². The van der Waals surface area contributed by atoms with Crippen molar-refractivity contribution in [2.45, 2.75) is 62.4 Å². The van der Waals surface area contributed by atoms with E-state index in [4.69, 9.17) is 24.7 Å². The summed E-state index contributed by atoms with van der Waals surface area (Å²) in [5.41, 5.74) is 3.37. The number of phenolic OH excluding ortho intramolecular Hbond substituents is 2. The number of ether oxygens (including phenoxy) is 4. The molecule has 1 fully saturated rings. The van der Waals surface area contributed by atoms with E-state index in [1.54, 1.807) is 6.92 Å². The van der Waals surface area contributed by atoms with Gasteiger partial charge in [0.2, 0.25) is 5.78 Å². The number of ketones is 3. The third kappa shape index (κ3) is 4.10. The summed E-state index contributed by atoms with van der Waals surface area (Å²) in [7, 11) is 2.60. The Morgan fingerprint density at radius 1 is 1.12 bits per heavy atom. The van der Waals surface area contributed by atoms with Gasteiger partial charge in [-0.25, -0.2) is 0 Å². The molecule has 1 heterocycles. The summed E-state index contributed by atoms with van der Waals surface area (Å²) in [6.07, 6.45) is -4.35. The maximum atomic E-state index is 13.7. The number of aliphatic hydroxyl groups is 2. The van der Waals surface area contributed by atoms with Crippen LogP contribution in [0.25, 0.3) is 0 Å². The average Bonchev–Trinajstić information content (AvgIpc) is 2.94. The standard InChI is InChI=1S/C28H31NO11/c1-11-23(32)14(29)7-18(39-11)40-16-9-28(38-3,17(31)10-30)8-13-20(16)27(36)22-21(25(13)34)24(33)12-5-4-6-15(37-2)19(12)26(22)35/h4-6,11,14,16,18,23,30,32,34,36H,7-10,29H2,1-3H3/t11-,14?,16-,18?,23?,28-/m0/s1. The molecule has 0 radical (unpaired) electrons. The fourth-order valence-corrected chi connectivity index (χ4v) is 6.00. The summed E-state index contributed by atoms with van der Waals surface area (Å²) in [6.45, 7) is 0.727. The summed E-state index contributed by atoms with van der Waals surface area (Å²) in [5, 5.41) is 43.0. The number of hydrogen-bond acceptors (Lipinski definition) is 12. The van der Waals surface area contributed by atoms with Crippen LogP contribution in [0.15, 0.2) is 18.2 Å². The van der Waals surface area contributed by atoms with Crippen LogP contribution in [-0.4, -0.2) is 88.7 Å². The number of aliphatic hydroxyl groups excluding tert-OH is 2. The molecule has 2 aromatic carbocycles. The lowest BCUT2D eigenvalue weighted by Gasteiger charge is -2.43. The van der Waals surface area contributed by atoms with E-state index in [-0.39, 0.29) is 47.3 Å². The number of phenols is 2. The largest absolute Gasteiger partial charge is 0.507 e. The van der Waals surface area contributed by atoms with Crippen molar-refractivity contribution in [3.63, 3.8) is 0 Å². The molecule has 6 N–H and O–H groups in total. The van der Waals surface area contributed by atoms with Crippen LogP contribution >= 0.6 is 0 Å². The highest BCUT2D eigenvalue weighted by Crippen LogP contribution is 2.53. The summed E-state index contributed by atoms with van der Waals surface area (Å²) in [4.78, 5) is 40.3. The second-order valence-electron chi connectivity index (χ2n) is 10.3. The third-order valence-electron chi connectivity index (χ3n) is 8.17. The second kappa shape index (κ2) is 10.2. The molecule has 0 aromatic heterocycles. The maximum absolute atomic E-state index is 13.7. The number of carbonyl (C=O) groups is 3. The monoisotopic (exact) mass is 557 g/mol. The third-order valence-corrected chi connectivity index (χ3v) is 8.17. The Bertz CT molecular complexity index is 1390. The van der Waals surface area contributed by atoms with Gasteiger partial charge in [-0.15, -0.1) is 0 Å². The van der Waals surface area contributed by atoms with Crippen molar-refractivity contribution in [2.75, 3.05) is 20.8 Å². The van der Waals surface area contributed by atoms with Crippen molar-refractivity contribution < 1.29 is 53.8 Å². The predicted molar refractivity (Wildman–Crippen MR) is 137 cm³/mol. The highest BCUT2D eigenvalue weighted by atomic mass is 16.7. The molecule has 0 bridgehead atoms. The first kappa shape index (κ1) is 28.1. The van der Waals surface area contributed by atoms with Gasteiger partial charge in [-0.3, -0.25) is 14.4 Å². The number of Topliss-reactive ketones (excluding diaryl/α,β-unsaturated/α-hetero) is 1. The molecule has 2 aliphatic carbocycles. The molecule has 3 aliphatic rings. The number of benzene rings is 2. The first-order valence-corrected chi connectivity index (χ1v) is 12.8. The van der Waals surface area contributed by atoms with Crippen LogP contribution in [0.2, 0.25) is 0 Å². The van der Waals surface area contributed by atoms with Crippen LogP contribution in [0.3, 0.4) is 0 Å².